The van der Waals surface area contributed by atoms with Crippen LogP contribution in [0.4, 0.5) is 5.69 Å². The van der Waals surface area contributed by atoms with Gasteiger partial charge < -0.3 is 10.1 Å². The van der Waals surface area contributed by atoms with Crippen molar-refractivity contribution in [3.8, 4) is 17.1 Å². The first-order valence-corrected chi connectivity index (χ1v) is 10.8. The van der Waals surface area contributed by atoms with Crippen LogP contribution in [0, 0.1) is 0 Å². The van der Waals surface area contributed by atoms with Crippen LogP contribution in [0.3, 0.4) is 0 Å². The summed E-state index contributed by atoms with van der Waals surface area (Å²) >= 11 is 7.36. The third-order valence-corrected chi connectivity index (χ3v) is 5.75. The monoisotopic (exact) mass is 444 g/mol. The highest BCUT2D eigenvalue weighted by Gasteiger charge is 2.19. The maximum Gasteiger partial charge on any atom is 0.237 e. The lowest BCUT2D eigenvalue weighted by atomic mass is 9.87. The molecule has 0 fully saturated rings. The first-order chi connectivity index (χ1) is 14.2. The number of ether oxygens (including phenoxy) is 1. The molecule has 0 bridgehead atoms. The van der Waals surface area contributed by atoms with E-state index >= 15 is 0 Å². The van der Waals surface area contributed by atoms with Crippen LogP contribution in [0.15, 0.2) is 47.6 Å². The van der Waals surface area contributed by atoms with E-state index in [0.717, 1.165) is 5.69 Å². The van der Waals surface area contributed by atoms with Gasteiger partial charge in [0.2, 0.25) is 11.1 Å². The van der Waals surface area contributed by atoms with E-state index in [1.54, 1.807) is 25.3 Å². The molecular weight excluding hydrogens is 420 g/mol. The number of methoxy groups -OCH3 is 1. The minimum Gasteiger partial charge on any atom is -0.496 e. The Morgan fingerprint density at radius 3 is 2.53 bits per heavy atom. The van der Waals surface area contributed by atoms with Crippen molar-refractivity contribution in [3.05, 3.63) is 53.1 Å². The maximum absolute atomic E-state index is 12.6. The summed E-state index contributed by atoms with van der Waals surface area (Å²) in [6, 6.07) is 13.2. The van der Waals surface area contributed by atoms with Crippen molar-refractivity contribution in [1.82, 2.24) is 15.2 Å². The maximum atomic E-state index is 12.6. The van der Waals surface area contributed by atoms with Crippen LogP contribution in [-0.2, 0) is 10.2 Å². The van der Waals surface area contributed by atoms with Gasteiger partial charge in [-0.2, -0.15) is 0 Å². The number of carbonyl (C=O) groups excluding carboxylic acids is 1. The topological polar surface area (TPSA) is 79.9 Å². The van der Waals surface area contributed by atoms with Gasteiger partial charge in [-0.3, -0.25) is 9.89 Å². The standard InChI is InChI=1S/C22H25ClN4O2S/c1-13(20(28)24-16-9-6-14(7-10-16)22(2,3)4)30-21-25-19(26-27-21)17-12-15(23)8-11-18(17)29-5/h6-13H,1-5H3,(H,24,28)(H,25,26,27). The zero-order chi connectivity index (χ0) is 21.9. The number of aromatic amines is 1. The molecule has 30 heavy (non-hydrogen) atoms. The van der Waals surface area contributed by atoms with Crippen molar-refractivity contribution < 1.29 is 9.53 Å². The largest absolute Gasteiger partial charge is 0.496 e. The van der Waals surface area contributed by atoms with Gasteiger partial charge in [0.25, 0.3) is 0 Å². The number of nitrogens with one attached hydrogen (secondary N) is 2. The van der Waals surface area contributed by atoms with E-state index in [2.05, 4.69) is 41.3 Å². The summed E-state index contributed by atoms with van der Waals surface area (Å²) in [6.45, 7) is 8.29. The summed E-state index contributed by atoms with van der Waals surface area (Å²) in [5.74, 6) is 1.05. The average Bonchev–Trinajstić information content (AvgIpc) is 3.16. The number of anilines is 1. The summed E-state index contributed by atoms with van der Waals surface area (Å²) in [4.78, 5) is 17.1. The number of rotatable bonds is 6. The van der Waals surface area contributed by atoms with Gasteiger partial charge in [-0.1, -0.05) is 56.3 Å². The van der Waals surface area contributed by atoms with Gasteiger partial charge in [-0.15, -0.1) is 5.10 Å². The van der Waals surface area contributed by atoms with Crippen molar-refractivity contribution in [3.63, 3.8) is 0 Å². The van der Waals surface area contributed by atoms with Gasteiger partial charge in [0, 0.05) is 10.7 Å². The summed E-state index contributed by atoms with van der Waals surface area (Å²) < 4.78 is 5.36. The first kappa shape index (κ1) is 22.2. The van der Waals surface area contributed by atoms with Crippen LogP contribution in [-0.4, -0.2) is 33.4 Å². The number of halogens is 1. The van der Waals surface area contributed by atoms with Crippen molar-refractivity contribution in [1.29, 1.82) is 0 Å². The van der Waals surface area contributed by atoms with Gasteiger partial charge in [0.05, 0.1) is 17.9 Å². The fraction of sp³-hybridized carbons (Fsp3) is 0.318. The lowest BCUT2D eigenvalue weighted by Gasteiger charge is -2.19. The highest BCUT2D eigenvalue weighted by molar-refractivity contribution is 8.00. The number of amides is 1. The van der Waals surface area contributed by atoms with Gasteiger partial charge in [-0.25, -0.2) is 4.98 Å². The average molecular weight is 445 g/mol. The van der Waals surface area contributed by atoms with Crippen molar-refractivity contribution in [2.45, 2.75) is 43.5 Å². The van der Waals surface area contributed by atoms with E-state index in [9.17, 15) is 4.79 Å². The number of hydrogen-bond donors (Lipinski definition) is 2. The fourth-order valence-electron chi connectivity index (χ4n) is 2.79. The Morgan fingerprint density at radius 1 is 1.20 bits per heavy atom. The number of carbonyl (C=O) groups is 1. The molecule has 0 aliphatic heterocycles. The summed E-state index contributed by atoms with van der Waals surface area (Å²) in [7, 11) is 1.58. The molecule has 1 atom stereocenters. The molecule has 6 nitrogen and oxygen atoms in total. The van der Waals surface area contributed by atoms with E-state index in [1.165, 1.54) is 17.3 Å². The molecule has 1 unspecified atom stereocenters. The normalized spacial score (nSPS) is 12.5. The van der Waals surface area contributed by atoms with Crippen LogP contribution >= 0.6 is 23.4 Å². The zero-order valence-electron chi connectivity index (χ0n) is 17.6. The van der Waals surface area contributed by atoms with Crippen LogP contribution in [0.5, 0.6) is 5.75 Å². The fourth-order valence-corrected chi connectivity index (χ4v) is 3.69. The van der Waals surface area contributed by atoms with E-state index in [4.69, 9.17) is 16.3 Å². The quantitative estimate of drug-likeness (QED) is 0.487. The second-order valence-electron chi connectivity index (χ2n) is 7.89. The molecule has 0 aliphatic carbocycles. The molecule has 3 rings (SSSR count). The molecule has 8 heteroatoms. The van der Waals surface area contributed by atoms with E-state index in [-0.39, 0.29) is 16.6 Å². The molecular formula is C22H25ClN4O2S. The van der Waals surface area contributed by atoms with Crippen LogP contribution < -0.4 is 10.1 Å². The first-order valence-electron chi connectivity index (χ1n) is 9.52. The Kier molecular flexibility index (Phi) is 6.73. The molecule has 1 amide bonds. The summed E-state index contributed by atoms with van der Waals surface area (Å²) in [5, 5.41) is 10.7. The van der Waals surface area contributed by atoms with Gasteiger partial charge in [0.15, 0.2) is 5.82 Å². The van der Waals surface area contributed by atoms with Gasteiger partial charge in [-0.05, 0) is 48.2 Å². The third-order valence-electron chi connectivity index (χ3n) is 4.55. The number of nitrogens with zero attached hydrogens (tertiary/aromatic N) is 2. The molecule has 1 aromatic heterocycles. The SMILES string of the molecule is COc1ccc(Cl)cc1-c1nc(SC(C)C(=O)Nc2ccc(C(C)(C)C)cc2)n[nH]1. The number of benzene rings is 2. The zero-order valence-corrected chi connectivity index (χ0v) is 19.2. The number of aromatic nitrogens is 3. The highest BCUT2D eigenvalue weighted by atomic mass is 35.5. The smallest absolute Gasteiger partial charge is 0.237 e. The minimum atomic E-state index is -0.378. The highest BCUT2D eigenvalue weighted by Crippen LogP contribution is 2.32. The van der Waals surface area contributed by atoms with Gasteiger partial charge in [0.1, 0.15) is 5.75 Å². The minimum absolute atomic E-state index is 0.0701. The van der Waals surface area contributed by atoms with Gasteiger partial charge >= 0.3 is 0 Å². The van der Waals surface area contributed by atoms with Crippen LogP contribution in [0.1, 0.15) is 33.3 Å². The van der Waals surface area contributed by atoms with Crippen molar-refractivity contribution in [2.24, 2.45) is 0 Å². The van der Waals surface area contributed by atoms with Crippen LogP contribution in [0.25, 0.3) is 11.4 Å². The number of thioether (sulfide) groups is 1. The molecule has 0 saturated heterocycles. The molecule has 0 radical (unpaired) electrons. The van der Waals surface area contributed by atoms with Crippen molar-refractivity contribution in [2.75, 3.05) is 12.4 Å². The summed E-state index contributed by atoms with van der Waals surface area (Å²) in [6.07, 6.45) is 0. The molecule has 0 saturated carbocycles. The van der Waals surface area contributed by atoms with Crippen molar-refractivity contribution >= 4 is 35.0 Å². The summed E-state index contributed by atoms with van der Waals surface area (Å²) in [5.41, 5.74) is 2.76. The number of hydrogen-bond acceptors (Lipinski definition) is 5. The molecule has 0 aliphatic rings. The molecule has 3 aromatic rings. The van der Waals surface area contributed by atoms with Crippen LogP contribution in [0.2, 0.25) is 5.02 Å². The Labute approximate surface area is 185 Å². The molecule has 2 aromatic carbocycles. The Bertz CT molecular complexity index is 1030. The molecule has 2 N–H and O–H groups in total. The predicted octanol–water partition coefficient (Wildman–Crippen LogP) is 5.55. The second-order valence-corrected chi connectivity index (χ2v) is 9.63. The second kappa shape index (κ2) is 9.10. The lowest BCUT2D eigenvalue weighted by molar-refractivity contribution is -0.115. The molecule has 158 valence electrons. The molecule has 1 heterocycles. The predicted molar refractivity (Wildman–Crippen MR) is 122 cm³/mol. The third kappa shape index (κ3) is 5.34. The van der Waals surface area contributed by atoms with E-state index in [0.29, 0.717) is 27.3 Å². The Balaban J connectivity index is 1.66. The lowest BCUT2D eigenvalue weighted by Crippen LogP contribution is -2.22. The van der Waals surface area contributed by atoms with E-state index < -0.39 is 0 Å². The molecule has 0 spiro atoms. The Hall–Kier alpha value is -2.51. The Morgan fingerprint density at radius 2 is 1.90 bits per heavy atom. The van der Waals surface area contributed by atoms with E-state index in [1.807, 2.05) is 31.2 Å². The number of H-pyrrole nitrogens is 1.